The van der Waals surface area contributed by atoms with Crippen LogP contribution in [-0.2, 0) is 64.0 Å². The largest absolute Gasteiger partial charge is 0.508 e. The van der Waals surface area contributed by atoms with Crippen molar-refractivity contribution in [3.05, 3.63) is 132 Å². The van der Waals surface area contributed by atoms with Crippen LogP contribution in [0.5, 0.6) is 11.5 Å². The van der Waals surface area contributed by atoms with E-state index in [4.69, 9.17) is 17.2 Å². The number of aliphatic hydroxyl groups excluding tert-OH is 1. The number of H-pyrrole nitrogens is 1. The van der Waals surface area contributed by atoms with Gasteiger partial charge in [-0.1, -0.05) is 94.4 Å². The first-order chi connectivity index (χ1) is 37.4. The number of para-hydroxylation sites is 1. The Morgan fingerprint density at radius 1 is 0.667 bits per heavy atom. The van der Waals surface area contributed by atoms with Crippen molar-refractivity contribution in [2.24, 2.45) is 17.2 Å². The van der Waals surface area contributed by atoms with Crippen LogP contribution in [0.2, 0.25) is 0 Å². The number of benzene rings is 4. The van der Waals surface area contributed by atoms with Gasteiger partial charge in [-0.25, -0.2) is 0 Å². The van der Waals surface area contributed by atoms with E-state index in [-0.39, 0.29) is 61.7 Å². The molecule has 0 saturated carbocycles. The highest BCUT2D eigenvalue weighted by Crippen LogP contribution is 2.25. The van der Waals surface area contributed by atoms with E-state index in [0.29, 0.717) is 29.5 Å². The lowest BCUT2D eigenvalue weighted by molar-refractivity contribution is -0.136. The maximum atomic E-state index is 14.8. The molecule has 0 radical (unpaired) electrons. The number of nitrogens with two attached hydrogens (primary N) is 3. The lowest BCUT2D eigenvalue weighted by Gasteiger charge is -2.29. The number of aromatic hydroxyl groups is 2. The van der Waals surface area contributed by atoms with Gasteiger partial charge in [0.2, 0.25) is 47.3 Å². The Labute approximate surface area is 458 Å². The maximum Gasteiger partial charge on any atom is 0.245 e. The van der Waals surface area contributed by atoms with E-state index in [0.717, 1.165) is 38.1 Å². The van der Waals surface area contributed by atoms with E-state index in [1.807, 2.05) is 18.2 Å². The molecule has 0 unspecified atom stereocenters. The van der Waals surface area contributed by atoms with Crippen LogP contribution >= 0.6 is 21.6 Å². The lowest BCUT2D eigenvalue weighted by atomic mass is 10.0. The number of unbranched alkanes of at least 4 members (excludes halogenated alkanes) is 1. The summed E-state index contributed by atoms with van der Waals surface area (Å²) in [6.45, 7) is 1.47. The molecule has 0 bridgehead atoms. The number of aromatic amines is 1. The molecule has 416 valence electrons. The topological polar surface area (TPSA) is 375 Å². The Morgan fingerprint density at radius 2 is 1.24 bits per heavy atom. The highest BCUT2D eigenvalue weighted by molar-refractivity contribution is 8.76. The first kappa shape index (κ1) is 59.6. The molecule has 1 aromatic heterocycles. The standard InChI is InChI=1S/C54H67N11O11S2/c1-30(66)46-54(76)64-45(52(74)60-41(47(57)69)24-32-14-18-35(67)19-15-32)29-78-77-28-44(63-48(70)38(56)23-31-9-3-2-4-10-31)53(75)61-42(25-33-16-20-36(68)21-17-33)50(72)62-43(26-34-27-58-39-12-6-5-11-37(34)39)51(73)59-40(49(71)65-46)13-7-8-22-55/h2-6,9-12,14-21,27,30,38,40-46,58,66-68H,7-8,13,22-26,28-29,55-56H2,1H3,(H2,57,69)(H,59,73)(H,60,74)(H,61,75)(H,62,72)(H,63,70)(H,64,76)(H,65,71)/t30-,38+,40+,41-,42+,43-,44-,45+,46+/m1/s1. The quantitative estimate of drug-likeness (QED) is 0.0405. The monoisotopic (exact) mass is 1110 g/mol. The number of aliphatic hydroxyl groups is 1. The second kappa shape index (κ2) is 29.2. The van der Waals surface area contributed by atoms with Gasteiger partial charge >= 0.3 is 0 Å². The molecule has 17 N–H and O–H groups in total. The third-order valence-corrected chi connectivity index (χ3v) is 15.3. The zero-order chi connectivity index (χ0) is 56.3. The Bertz CT molecular complexity index is 2860. The molecule has 1 fully saturated rings. The summed E-state index contributed by atoms with van der Waals surface area (Å²) in [5.74, 6) is -7.55. The number of phenols is 2. The number of rotatable bonds is 18. The number of nitrogens with one attached hydrogen (secondary N) is 8. The van der Waals surface area contributed by atoms with Crippen molar-refractivity contribution in [3.63, 3.8) is 0 Å². The van der Waals surface area contributed by atoms with Crippen LogP contribution in [-0.4, -0.2) is 140 Å². The number of primary amides is 1. The summed E-state index contributed by atoms with van der Waals surface area (Å²) in [6.07, 6.45) is 0.535. The van der Waals surface area contributed by atoms with E-state index < -0.39 is 102 Å². The summed E-state index contributed by atoms with van der Waals surface area (Å²) in [5, 5.41) is 50.4. The Morgan fingerprint density at radius 3 is 1.90 bits per heavy atom. The Kier molecular flexibility index (Phi) is 22.3. The average molecular weight is 1110 g/mol. The van der Waals surface area contributed by atoms with Crippen molar-refractivity contribution in [1.29, 1.82) is 0 Å². The van der Waals surface area contributed by atoms with Gasteiger partial charge in [0.1, 0.15) is 53.8 Å². The molecule has 1 saturated heterocycles. The summed E-state index contributed by atoms with van der Waals surface area (Å²) in [6, 6.07) is 16.6. The summed E-state index contributed by atoms with van der Waals surface area (Å²) in [4.78, 5) is 117. The first-order valence-corrected chi connectivity index (χ1v) is 27.8. The number of fused-ring (bicyclic) bond motifs is 1. The van der Waals surface area contributed by atoms with Crippen molar-refractivity contribution in [2.75, 3.05) is 18.1 Å². The van der Waals surface area contributed by atoms with Crippen LogP contribution in [0.15, 0.2) is 109 Å². The number of hydrogen-bond donors (Lipinski definition) is 14. The molecular formula is C54H67N11O11S2. The van der Waals surface area contributed by atoms with Gasteiger partial charge in [0.05, 0.1) is 12.1 Å². The van der Waals surface area contributed by atoms with Crippen LogP contribution < -0.4 is 54.4 Å². The fourth-order valence-corrected chi connectivity index (χ4v) is 10.8. The molecule has 5 aromatic rings. The van der Waals surface area contributed by atoms with Gasteiger partial charge in [0, 0.05) is 47.9 Å². The molecule has 0 spiro atoms. The minimum absolute atomic E-state index is 0.00719. The molecule has 24 heteroatoms. The van der Waals surface area contributed by atoms with Crippen molar-refractivity contribution >= 4 is 79.7 Å². The van der Waals surface area contributed by atoms with Gasteiger partial charge in [-0.15, -0.1) is 0 Å². The summed E-state index contributed by atoms with van der Waals surface area (Å²) in [7, 11) is 1.97. The summed E-state index contributed by atoms with van der Waals surface area (Å²) in [5.41, 5.74) is 21.0. The van der Waals surface area contributed by atoms with Crippen LogP contribution in [0.25, 0.3) is 10.9 Å². The molecule has 22 nitrogen and oxygen atoms in total. The van der Waals surface area contributed by atoms with Gasteiger partial charge in [-0.05, 0) is 91.7 Å². The van der Waals surface area contributed by atoms with Crippen molar-refractivity contribution < 1.29 is 53.7 Å². The highest BCUT2D eigenvalue weighted by atomic mass is 33.1. The number of aromatic nitrogens is 1. The van der Waals surface area contributed by atoms with E-state index in [1.54, 1.807) is 54.7 Å². The van der Waals surface area contributed by atoms with Gasteiger partial charge in [0.15, 0.2) is 0 Å². The lowest BCUT2D eigenvalue weighted by Crippen LogP contribution is -2.62. The Hall–Kier alpha value is -7.64. The average Bonchev–Trinajstić information content (AvgIpc) is 3.88. The third-order valence-electron chi connectivity index (χ3n) is 12.9. The van der Waals surface area contributed by atoms with Crippen molar-refractivity contribution in [2.45, 2.75) is 106 Å². The smallest absolute Gasteiger partial charge is 0.245 e. The third kappa shape index (κ3) is 17.7. The SMILES string of the molecule is C[C@@H](O)[C@@H]1NC(=O)[C@H](CCCCN)NC(=O)[C@@H](Cc2c[nH]c3ccccc23)NC(=O)[C@H](Cc2ccc(O)cc2)NC(=O)[C@H](NC(=O)[C@@H](N)Cc2ccccc2)CSSC[C@@H](C(=O)N[C@H](Cc2ccc(O)cc2)C(N)=O)NC1=O. The van der Waals surface area contributed by atoms with Crippen LogP contribution in [0.3, 0.4) is 0 Å². The Balaban J connectivity index is 1.39. The normalized spacial score (nSPS) is 21.3. The van der Waals surface area contributed by atoms with Crippen LogP contribution in [0.4, 0.5) is 0 Å². The highest BCUT2D eigenvalue weighted by Gasteiger charge is 2.37. The fraction of sp³-hybridized carbons (Fsp3) is 0.370. The number of phenolic OH excluding ortho intramolecular Hbond substituents is 2. The molecule has 1 aliphatic heterocycles. The molecule has 2 heterocycles. The van der Waals surface area contributed by atoms with E-state index in [1.165, 1.54) is 43.3 Å². The minimum Gasteiger partial charge on any atom is -0.508 e. The van der Waals surface area contributed by atoms with E-state index >= 15 is 0 Å². The summed E-state index contributed by atoms with van der Waals surface area (Å²) < 4.78 is 0. The van der Waals surface area contributed by atoms with Gasteiger partial charge in [-0.3, -0.25) is 38.4 Å². The number of amides is 8. The zero-order valence-electron chi connectivity index (χ0n) is 42.8. The molecule has 78 heavy (non-hydrogen) atoms. The van der Waals surface area contributed by atoms with E-state index in [9.17, 15) is 53.7 Å². The second-order valence-corrected chi connectivity index (χ2v) is 21.5. The van der Waals surface area contributed by atoms with Crippen molar-refractivity contribution in [3.8, 4) is 11.5 Å². The molecule has 8 amide bonds. The molecule has 0 aliphatic carbocycles. The fourth-order valence-electron chi connectivity index (χ4n) is 8.51. The zero-order valence-corrected chi connectivity index (χ0v) is 44.4. The van der Waals surface area contributed by atoms with Gasteiger partial charge in [-0.2, -0.15) is 0 Å². The van der Waals surface area contributed by atoms with E-state index in [2.05, 4.69) is 42.2 Å². The minimum atomic E-state index is -1.72. The van der Waals surface area contributed by atoms with Crippen LogP contribution in [0, 0.1) is 0 Å². The number of hydrogen-bond acceptors (Lipinski definition) is 15. The second-order valence-electron chi connectivity index (χ2n) is 19.0. The van der Waals surface area contributed by atoms with Crippen LogP contribution in [0.1, 0.15) is 48.4 Å². The van der Waals surface area contributed by atoms with Gasteiger partial charge in [0.25, 0.3) is 0 Å². The first-order valence-electron chi connectivity index (χ1n) is 25.3. The molecule has 9 atom stereocenters. The maximum absolute atomic E-state index is 14.8. The molecular weight excluding hydrogens is 1040 g/mol. The number of carbonyl (C=O) groups is 8. The predicted octanol–water partition coefficient (Wildman–Crippen LogP) is -0.0393. The predicted molar refractivity (Wildman–Crippen MR) is 296 cm³/mol. The molecule has 4 aromatic carbocycles. The summed E-state index contributed by atoms with van der Waals surface area (Å²) >= 11 is 0. The molecule has 1 aliphatic rings. The number of carbonyl (C=O) groups excluding carboxylic acids is 8. The molecule has 6 rings (SSSR count). The van der Waals surface area contributed by atoms with Crippen molar-refractivity contribution in [1.82, 2.24) is 42.2 Å². The van der Waals surface area contributed by atoms with Gasteiger partial charge < -0.3 is 74.7 Å².